The van der Waals surface area contributed by atoms with Crippen molar-refractivity contribution in [2.45, 2.75) is 15.6 Å². The number of piperazine rings is 1. The Morgan fingerprint density at radius 2 is 1.68 bits per heavy atom. The normalized spacial score (nSPS) is 23.3. The van der Waals surface area contributed by atoms with Gasteiger partial charge in [-0.25, -0.2) is 8.42 Å². The van der Waals surface area contributed by atoms with Gasteiger partial charge >= 0.3 is 0 Å². The van der Waals surface area contributed by atoms with E-state index in [1.54, 1.807) is 4.90 Å². The van der Waals surface area contributed by atoms with E-state index in [4.69, 9.17) is 23.2 Å². The quantitative estimate of drug-likeness (QED) is 0.428. The molecule has 136 valence electrons. The number of non-ortho nitro benzene ring substituents is 1. The maximum atomic E-state index is 12.6. The Morgan fingerprint density at radius 3 is 2.12 bits per heavy atom. The summed E-state index contributed by atoms with van der Waals surface area (Å²) in [5.74, 6) is -0.578. The molecule has 0 aromatic heterocycles. The maximum absolute atomic E-state index is 12.6. The van der Waals surface area contributed by atoms with E-state index in [0.29, 0.717) is 6.42 Å². The molecule has 1 unspecified atom stereocenters. The number of nitro benzene ring substituents is 1. The van der Waals surface area contributed by atoms with Crippen molar-refractivity contribution in [3.8, 4) is 0 Å². The van der Waals surface area contributed by atoms with Crippen molar-refractivity contribution in [1.82, 2.24) is 9.21 Å². The standard InChI is InChI=1S/C14H15Cl2N3O5S/c15-14(16)9-12(14)13(20)17-5-7-18(8-6-17)25(23,24)11-3-1-10(2-4-11)19(21)22/h1-4,12H,5-9H2. The number of hydrogen-bond donors (Lipinski definition) is 0. The van der Waals surface area contributed by atoms with E-state index in [0.717, 1.165) is 12.1 Å². The van der Waals surface area contributed by atoms with Crippen LogP contribution in [0.1, 0.15) is 6.42 Å². The second-order valence-corrected chi connectivity index (χ2v) is 9.48. The van der Waals surface area contributed by atoms with Crippen LogP contribution in [0.4, 0.5) is 5.69 Å². The van der Waals surface area contributed by atoms with Gasteiger partial charge in [-0.3, -0.25) is 14.9 Å². The first-order chi connectivity index (χ1) is 11.6. The van der Waals surface area contributed by atoms with Gasteiger partial charge in [-0.15, -0.1) is 23.2 Å². The molecule has 1 aromatic rings. The summed E-state index contributed by atoms with van der Waals surface area (Å²) in [5, 5.41) is 10.7. The van der Waals surface area contributed by atoms with Gasteiger partial charge in [0, 0.05) is 38.3 Å². The van der Waals surface area contributed by atoms with Gasteiger partial charge in [0.05, 0.1) is 15.7 Å². The lowest BCUT2D eigenvalue weighted by Gasteiger charge is -2.34. The lowest BCUT2D eigenvalue weighted by atomic mass is 10.3. The van der Waals surface area contributed by atoms with Crippen LogP contribution in [0.2, 0.25) is 0 Å². The van der Waals surface area contributed by atoms with Gasteiger partial charge in [-0.1, -0.05) is 0 Å². The predicted molar refractivity (Wildman–Crippen MR) is 91.0 cm³/mol. The SMILES string of the molecule is O=C(C1CC1(Cl)Cl)N1CCN(S(=O)(=O)c2ccc([N+](=O)[O-])cc2)CC1. The van der Waals surface area contributed by atoms with Crippen LogP contribution in [0.15, 0.2) is 29.2 Å². The van der Waals surface area contributed by atoms with Crippen LogP contribution in [0.3, 0.4) is 0 Å². The summed E-state index contributed by atoms with van der Waals surface area (Å²) in [5.41, 5.74) is -0.176. The predicted octanol–water partition coefficient (Wildman–Crippen LogP) is 1.62. The second kappa shape index (κ2) is 6.39. The molecule has 1 saturated carbocycles. The molecule has 25 heavy (non-hydrogen) atoms. The van der Waals surface area contributed by atoms with Gasteiger partial charge < -0.3 is 4.90 Å². The van der Waals surface area contributed by atoms with Crippen molar-refractivity contribution in [3.63, 3.8) is 0 Å². The van der Waals surface area contributed by atoms with E-state index in [9.17, 15) is 23.3 Å². The number of benzene rings is 1. The molecule has 8 nitrogen and oxygen atoms in total. The number of halogens is 2. The molecule has 11 heteroatoms. The Labute approximate surface area is 154 Å². The fraction of sp³-hybridized carbons (Fsp3) is 0.500. The lowest BCUT2D eigenvalue weighted by molar-refractivity contribution is -0.384. The summed E-state index contributed by atoms with van der Waals surface area (Å²) < 4.78 is 25.5. The van der Waals surface area contributed by atoms with Crippen LogP contribution in [-0.2, 0) is 14.8 Å². The molecule has 1 aliphatic carbocycles. The van der Waals surface area contributed by atoms with Gasteiger partial charge in [-0.2, -0.15) is 4.31 Å². The smallest absolute Gasteiger partial charge is 0.269 e. The maximum Gasteiger partial charge on any atom is 0.269 e. The van der Waals surface area contributed by atoms with Gasteiger partial charge in [0.1, 0.15) is 4.33 Å². The molecule has 1 saturated heterocycles. The third kappa shape index (κ3) is 3.59. The molecule has 1 amide bonds. The Bertz CT molecular complexity index is 804. The average Bonchev–Trinajstić information content (AvgIpc) is 3.23. The Balaban J connectivity index is 1.65. The molecular weight excluding hydrogens is 393 g/mol. The van der Waals surface area contributed by atoms with Crippen molar-refractivity contribution in [3.05, 3.63) is 34.4 Å². The highest BCUT2D eigenvalue weighted by Crippen LogP contribution is 2.53. The van der Waals surface area contributed by atoms with Crippen molar-refractivity contribution in [2.24, 2.45) is 5.92 Å². The van der Waals surface area contributed by atoms with Crippen molar-refractivity contribution in [1.29, 1.82) is 0 Å². The highest BCUT2D eigenvalue weighted by atomic mass is 35.5. The largest absolute Gasteiger partial charge is 0.340 e. The van der Waals surface area contributed by atoms with Crippen molar-refractivity contribution >= 4 is 44.8 Å². The number of hydrogen-bond acceptors (Lipinski definition) is 5. The van der Waals surface area contributed by atoms with Crippen LogP contribution in [0.25, 0.3) is 0 Å². The number of nitro groups is 1. The highest BCUT2D eigenvalue weighted by molar-refractivity contribution is 7.89. The number of sulfonamides is 1. The van der Waals surface area contributed by atoms with Crippen LogP contribution in [0, 0.1) is 16.0 Å². The average molecular weight is 408 g/mol. The summed E-state index contributed by atoms with van der Waals surface area (Å²) in [4.78, 5) is 23.9. The highest BCUT2D eigenvalue weighted by Gasteiger charge is 2.57. The summed E-state index contributed by atoms with van der Waals surface area (Å²) in [6, 6.07) is 4.73. The summed E-state index contributed by atoms with van der Waals surface area (Å²) >= 11 is 11.8. The first-order valence-corrected chi connectivity index (χ1v) is 9.74. The van der Waals surface area contributed by atoms with Gasteiger partial charge in [0.15, 0.2) is 0 Å². The molecular formula is C14H15Cl2N3O5S. The van der Waals surface area contributed by atoms with Gasteiger partial charge in [0.25, 0.3) is 5.69 Å². The van der Waals surface area contributed by atoms with Crippen molar-refractivity contribution in [2.75, 3.05) is 26.2 Å². The van der Waals surface area contributed by atoms with E-state index < -0.39 is 25.2 Å². The summed E-state index contributed by atoms with van der Waals surface area (Å²) in [6.07, 6.45) is 0.413. The zero-order chi connectivity index (χ0) is 18.4. The van der Waals surface area contributed by atoms with Crippen LogP contribution in [0.5, 0.6) is 0 Å². The zero-order valence-electron chi connectivity index (χ0n) is 13.0. The molecule has 0 radical (unpaired) electrons. The Hall–Kier alpha value is -1.42. The third-order valence-electron chi connectivity index (χ3n) is 4.36. The van der Waals surface area contributed by atoms with E-state index in [1.165, 1.54) is 16.4 Å². The molecule has 3 rings (SSSR count). The lowest BCUT2D eigenvalue weighted by Crippen LogP contribution is -2.51. The van der Waals surface area contributed by atoms with Crippen LogP contribution in [-0.4, -0.2) is 59.0 Å². The molecule has 2 aliphatic rings. The van der Waals surface area contributed by atoms with E-state index in [1.807, 2.05) is 0 Å². The molecule has 2 fully saturated rings. The number of amides is 1. The number of carbonyl (C=O) groups is 1. The minimum Gasteiger partial charge on any atom is -0.340 e. The monoisotopic (exact) mass is 407 g/mol. The number of carbonyl (C=O) groups excluding carboxylic acids is 1. The minimum absolute atomic E-state index is 0.0133. The number of alkyl halides is 2. The third-order valence-corrected chi connectivity index (χ3v) is 7.11. The van der Waals surface area contributed by atoms with Gasteiger partial charge in [-0.05, 0) is 18.6 Å². The Kier molecular flexibility index (Phi) is 4.69. The first-order valence-electron chi connectivity index (χ1n) is 7.54. The fourth-order valence-electron chi connectivity index (χ4n) is 2.74. The molecule has 0 N–H and O–H groups in total. The Morgan fingerprint density at radius 1 is 1.16 bits per heavy atom. The van der Waals surface area contributed by atoms with Crippen LogP contribution >= 0.6 is 23.2 Å². The first kappa shape index (κ1) is 18.4. The van der Waals surface area contributed by atoms with Crippen molar-refractivity contribution < 1.29 is 18.1 Å². The van der Waals surface area contributed by atoms with Crippen LogP contribution < -0.4 is 0 Å². The minimum atomic E-state index is -3.76. The summed E-state index contributed by atoms with van der Waals surface area (Å²) in [7, 11) is -3.76. The summed E-state index contributed by atoms with van der Waals surface area (Å²) in [6.45, 7) is 0.807. The second-order valence-electron chi connectivity index (χ2n) is 6.00. The van der Waals surface area contributed by atoms with E-state index in [-0.39, 0.29) is 42.7 Å². The molecule has 1 heterocycles. The zero-order valence-corrected chi connectivity index (χ0v) is 15.3. The fourth-order valence-corrected chi connectivity index (χ4v) is 4.66. The van der Waals surface area contributed by atoms with E-state index >= 15 is 0 Å². The number of nitrogens with zero attached hydrogens (tertiary/aromatic N) is 3. The molecule has 0 spiro atoms. The topological polar surface area (TPSA) is 101 Å². The van der Waals surface area contributed by atoms with E-state index in [2.05, 4.69) is 0 Å². The molecule has 1 aliphatic heterocycles. The molecule has 1 aromatic carbocycles. The molecule has 1 atom stereocenters. The number of rotatable bonds is 4. The molecule has 0 bridgehead atoms. The van der Waals surface area contributed by atoms with Gasteiger partial charge in [0.2, 0.25) is 15.9 Å².